The Labute approximate surface area is 81.2 Å². The van der Waals surface area contributed by atoms with Crippen molar-refractivity contribution in [2.24, 2.45) is 0 Å². The molecule has 0 N–H and O–H groups in total. The molecular weight excluding hydrogens is 180 g/mol. The Bertz CT molecular complexity index is 376. The molecule has 1 nitrogen and oxygen atoms in total. The number of allylic oxidation sites excluding steroid dienone is 1. The quantitative estimate of drug-likeness (QED) is 0.674. The van der Waals surface area contributed by atoms with Crippen molar-refractivity contribution < 1.29 is 4.79 Å². The van der Waals surface area contributed by atoms with Gasteiger partial charge < -0.3 is 0 Å². The van der Waals surface area contributed by atoms with Gasteiger partial charge in [-0.15, -0.1) is 0 Å². The fourth-order valence-corrected chi connectivity index (χ4v) is 1.82. The summed E-state index contributed by atoms with van der Waals surface area (Å²) in [4.78, 5) is 11.9. The summed E-state index contributed by atoms with van der Waals surface area (Å²) in [5, 5.41) is 0.113. The first-order valence-corrected chi connectivity index (χ1v) is 4.83. The highest BCUT2D eigenvalue weighted by atomic mass is 32.2. The molecule has 1 aliphatic rings. The minimum absolute atomic E-state index is 0.113. The molecule has 64 valence electrons. The van der Waals surface area contributed by atoms with E-state index >= 15 is 0 Å². The molecule has 1 aromatic rings. The van der Waals surface area contributed by atoms with Gasteiger partial charge >= 0.3 is 0 Å². The number of rotatable bonds is 1. The van der Waals surface area contributed by atoms with Crippen molar-refractivity contribution >= 4 is 23.0 Å². The SMILES string of the molecule is O=C1C=C/C(=C\c2ccccc2)S1. The van der Waals surface area contributed by atoms with Crippen LogP contribution in [-0.4, -0.2) is 5.12 Å². The van der Waals surface area contributed by atoms with Gasteiger partial charge in [0, 0.05) is 4.91 Å². The third-order valence-electron chi connectivity index (χ3n) is 1.71. The molecule has 2 heteroatoms. The normalized spacial score (nSPS) is 18.5. The standard InChI is InChI=1S/C11H8OS/c12-11-7-6-10(13-11)8-9-4-2-1-3-5-9/h1-8H/b10-8+. The number of hydrogen-bond acceptors (Lipinski definition) is 2. The Hall–Kier alpha value is -1.28. The van der Waals surface area contributed by atoms with Gasteiger partial charge in [0.1, 0.15) is 0 Å². The van der Waals surface area contributed by atoms with Gasteiger partial charge in [-0.2, -0.15) is 0 Å². The molecule has 0 radical (unpaired) electrons. The molecule has 0 fully saturated rings. The summed E-state index contributed by atoms with van der Waals surface area (Å²) < 4.78 is 0. The Morgan fingerprint density at radius 1 is 1.08 bits per heavy atom. The maximum Gasteiger partial charge on any atom is 0.216 e. The van der Waals surface area contributed by atoms with Crippen molar-refractivity contribution in [2.75, 3.05) is 0 Å². The summed E-state index contributed by atoms with van der Waals surface area (Å²) in [5.74, 6) is 0. The monoisotopic (exact) mass is 188 g/mol. The van der Waals surface area contributed by atoms with Crippen molar-refractivity contribution in [3.8, 4) is 0 Å². The lowest BCUT2D eigenvalue weighted by Crippen LogP contribution is -1.74. The Morgan fingerprint density at radius 2 is 1.85 bits per heavy atom. The van der Waals surface area contributed by atoms with E-state index in [1.807, 2.05) is 42.5 Å². The Balaban J connectivity index is 2.23. The number of thioether (sulfide) groups is 1. The summed E-state index contributed by atoms with van der Waals surface area (Å²) in [6, 6.07) is 9.98. The fourth-order valence-electron chi connectivity index (χ4n) is 1.13. The van der Waals surface area contributed by atoms with Gasteiger partial charge in [-0.05, 0) is 35.6 Å². The van der Waals surface area contributed by atoms with Gasteiger partial charge in [0.05, 0.1) is 0 Å². The van der Waals surface area contributed by atoms with Crippen LogP contribution in [0.1, 0.15) is 5.56 Å². The summed E-state index contributed by atoms with van der Waals surface area (Å²) in [5.41, 5.74) is 1.13. The molecule has 0 amide bonds. The predicted octanol–water partition coefficient (Wildman–Crippen LogP) is 2.86. The van der Waals surface area contributed by atoms with Gasteiger partial charge in [0.25, 0.3) is 0 Å². The van der Waals surface area contributed by atoms with Crippen LogP contribution in [0.25, 0.3) is 6.08 Å². The van der Waals surface area contributed by atoms with E-state index in [-0.39, 0.29) is 5.12 Å². The summed E-state index contributed by atoms with van der Waals surface area (Å²) in [6.45, 7) is 0. The van der Waals surface area contributed by atoms with Crippen LogP contribution in [0.5, 0.6) is 0 Å². The van der Waals surface area contributed by atoms with E-state index in [1.165, 1.54) is 11.8 Å². The summed E-state index contributed by atoms with van der Waals surface area (Å²) in [7, 11) is 0. The molecular formula is C11H8OS. The van der Waals surface area contributed by atoms with Crippen LogP contribution >= 0.6 is 11.8 Å². The van der Waals surface area contributed by atoms with Gasteiger partial charge in [-0.1, -0.05) is 30.3 Å². The third kappa shape index (κ3) is 2.10. The smallest absolute Gasteiger partial charge is 0.216 e. The molecule has 2 rings (SSSR count). The molecule has 13 heavy (non-hydrogen) atoms. The molecule has 1 aliphatic heterocycles. The van der Waals surface area contributed by atoms with Crippen molar-refractivity contribution in [2.45, 2.75) is 0 Å². The van der Waals surface area contributed by atoms with Gasteiger partial charge in [0.15, 0.2) is 0 Å². The number of carbonyl (C=O) groups excluding carboxylic acids is 1. The fraction of sp³-hybridized carbons (Fsp3) is 0. The minimum atomic E-state index is 0.113. The maximum atomic E-state index is 10.9. The average molecular weight is 188 g/mol. The van der Waals surface area contributed by atoms with E-state index in [9.17, 15) is 4.79 Å². The summed E-state index contributed by atoms with van der Waals surface area (Å²) in [6.07, 6.45) is 5.45. The second kappa shape index (κ2) is 3.62. The molecule has 0 saturated carbocycles. The molecule has 0 aliphatic carbocycles. The topological polar surface area (TPSA) is 17.1 Å². The number of carbonyl (C=O) groups is 1. The summed E-state index contributed by atoms with van der Waals surface area (Å²) >= 11 is 1.27. The number of benzene rings is 1. The highest BCUT2D eigenvalue weighted by molar-refractivity contribution is 8.18. The van der Waals surface area contributed by atoms with Crippen LogP contribution in [0.3, 0.4) is 0 Å². The van der Waals surface area contributed by atoms with Gasteiger partial charge in [-0.25, -0.2) is 0 Å². The Kier molecular flexibility index (Phi) is 2.32. The van der Waals surface area contributed by atoms with Crippen LogP contribution < -0.4 is 0 Å². The zero-order valence-corrected chi connectivity index (χ0v) is 7.75. The van der Waals surface area contributed by atoms with Crippen molar-refractivity contribution in [1.29, 1.82) is 0 Å². The second-order valence-electron chi connectivity index (χ2n) is 2.71. The second-order valence-corrected chi connectivity index (χ2v) is 3.79. The van der Waals surface area contributed by atoms with Crippen LogP contribution in [0.15, 0.2) is 47.4 Å². The van der Waals surface area contributed by atoms with E-state index in [2.05, 4.69) is 0 Å². The first-order chi connectivity index (χ1) is 6.34. The molecule has 0 unspecified atom stereocenters. The average Bonchev–Trinajstić information content (AvgIpc) is 2.53. The zero-order valence-electron chi connectivity index (χ0n) is 6.94. The van der Waals surface area contributed by atoms with Gasteiger partial charge in [-0.3, -0.25) is 4.79 Å². The molecule has 1 heterocycles. The van der Waals surface area contributed by atoms with Crippen LogP contribution in [-0.2, 0) is 4.79 Å². The highest BCUT2D eigenvalue weighted by Gasteiger charge is 2.08. The van der Waals surface area contributed by atoms with Crippen LogP contribution in [0, 0.1) is 0 Å². The highest BCUT2D eigenvalue weighted by Crippen LogP contribution is 2.27. The Morgan fingerprint density at radius 3 is 2.46 bits per heavy atom. The first-order valence-electron chi connectivity index (χ1n) is 4.01. The predicted molar refractivity (Wildman–Crippen MR) is 56.2 cm³/mol. The van der Waals surface area contributed by atoms with E-state index < -0.39 is 0 Å². The largest absolute Gasteiger partial charge is 0.282 e. The third-order valence-corrected chi connectivity index (χ3v) is 2.54. The molecule has 0 saturated heterocycles. The van der Waals surface area contributed by atoms with E-state index in [0.717, 1.165) is 10.5 Å². The lowest BCUT2D eigenvalue weighted by Gasteiger charge is -1.93. The van der Waals surface area contributed by atoms with E-state index in [1.54, 1.807) is 6.08 Å². The molecule has 0 atom stereocenters. The minimum Gasteiger partial charge on any atom is -0.282 e. The van der Waals surface area contributed by atoms with Crippen molar-refractivity contribution in [1.82, 2.24) is 0 Å². The maximum absolute atomic E-state index is 10.9. The molecule has 0 aromatic heterocycles. The van der Waals surface area contributed by atoms with Gasteiger partial charge in [0.2, 0.25) is 5.12 Å². The lowest BCUT2D eigenvalue weighted by molar-refractivity contribution is -0.106. The lowest BCUT2D eigenvalue weighted by atomic mass is 10.2. The zero-order chi connectivity index (χ0) is 9.10. The first kappa shape index (κ1) is 8.32. The van der Waals surface area contributed by atoms with E-state index in [4.69, 9.17) is 0 Å². The van der Waals surface area contributed by atoms with Crippen molar-refractivity contribution in [3.63, 3.8) is 0 Å². The van der Waals surface area contributed by atoms with Crippen LogP contribution in [0.2, 0.25) is 0 Å². The van der Waals surface area contributed by atoms with Crippen LogP contribution in [0.4, 0.5) is 0 Å². The molecule has 0 spiro atoms. The van der Waals surface area contributed by atoms with E-state index in [0.29, 0.717) is 0 Å². The number of hydrogen-bond donors (Lipinski definition) is 0. The van der Waals surface area contributed by atoms with Crippen molar-refractivity contribution in [3.05, 3.63) is 53.0 Å². The molecule has 0 bridgehead atoms. The molecule has 1 aromatic carbocycles.